The van der Waals surface area contributed by atoms with Gasteiger partial charge < -0.3 is 9.47 Å². The molecule has 0 atom stereocenters. The number of carbonyl (C=O) groups excluding carboxylic acids is 2. The summed E-state index contributed by atoms with van der Waals surface area (Å²) in [4.78, 5) is 23.2. The number of carbonyl (C=O) groups is 2. The average Bonchev–Trinajstić information content (AvgIpc) is 2.36. The lowest BCUT2D eigenvalue weighted by atomic mass is 9.95. The minimum absolute atomic E-state index is 0.239. The van der Waals surface area contributed by atoms with Crippen molar-refractivity contribution in [2.45, 2.75) is 27.1 Å². The van der Waals surface area contributed by atoms with Gasteiger partial charge in [-0.25, -0.2) is 9.59 Å². The molecular formula is C13H18Br2O4. The SMILES string of the molecule is C=C(C)C(=O)OC(OC(=O)C(=C)C)C(C)(CBr)CBr. The Morgan fingerprint density at radius 1 is 1.05 bits per heavy atom. The van der Waals surface area contributed by atoms with E-state index in [4.69, 9.17) is 9.47 Å². The Bertz CT molecular complexity index is 358. The van der Waals surface area contributed by atoms with Crippen LogP contribution in [0.2, 0.25) is 0 Å². The minimum Gasteiger partial charge on any atom is -0.421 e. The topological polar surface area (TPSA) is 52.6 Å². The van der Waals surface area contributed by atoms with E-state index in [1.54, 1.807) is 0 Å². The van der Waals surface area contributed by atoms with Crippen molar-refractivity contribution in [3.63, 3.8) is 0 Å². The molecule has 4 nitrogen and oxygen atoms in total. The zero-order chi connectivity index (χ0) is 15.2. The van der Waals surface area contributed by atoms with Gasteiger partial charge in [0.25, 0.3) is 6.29 Å². The lowest BCUT2D eigenvalue weighted by Crippen LogP contribution is -2.42. The summed E-state index contributed by atoms with van der Waals surface area (Å²) >= 11 is 6.66. The van der Waals surface area contributed by atoms with Crippen molar-refractivity contribution in [2.75, 3.05) is 10.7 Å². The fraction of sp³-hybridized carbons (Fsp3) is 0.538. The lowest BCUT2D eigenvalue weighted by Gasteiger charge is -2.33. The van der Waals surface area contributed by atoms with Gasteiger partial charge >= 0.3 is 11.9 Å². The van der Waals surface area contributed by atoms with E-state index >= 15 is 0 Å². The van der Waals surface area contributed by atoms with E-state index in [1.165, 1.54) is 13.8 Å². The zero-order valence-electron chi connectivity index (χ0n) is 11.3. The van der Waals surface area contributed by atoms with Crippen LogP contribution in [-0.2, 0) is 19.1 Å². The Hall–Kier alpha value is -0.620. The second kappa shape index (κ2) is 7.85. The van der Waals surface area contributed by atoms with E-state index in [1.807, 2.05) is 6.92 Å². The maximum Gasteiger partial charge on any atom is 0.336 e. The largest absolute Gasteiger partial charge is 0.421 e. The predicted molar refractivity (Wildman–Crippen MR) is 81.3 cm³/mol. The molecule has 0 unspecified atom stereocenters. The smallest absolute Gasteiger partial charge is 0.336 e. The molecule has 0 fully saturated rings. The van der Waals surface area contributed by atoms with E-state index in [0.717, 1.165) is 0 Å². The van der Waals surface area contributed by atoms with Crippen molar-refractivity contribution < 1.29 is 19.1 Å². The fourth-order valence-electron chi connectivity index (χ4n) is 0.866. The highest BCUT2D eigenvalue weighted by Gasteiger charge is 2.39. The molecule has 0 bridgehead atoms. The van der Waals surface area contributed by atoms with Crippen LogP contribution in [0, 0.1) is 5.41 Å². The van der Waals surface area contributed by atoms with Crippen molar-refractivity contribution in [1.82, 2.24) is 0 Å². The van der Waals surface area contributed by atoms with Crippen molar-refractivity contribution in [2.24, 2.45) is 5.41 Å². The Balaban J connectivity index is 5.13. The first-order chi connectivity index (χ1) is 8.67. The molecule has 0 saturated heterocycles. The van der Waals surface area contributed by atoms with Gasteiger partial charge in [0.1, 0.15) is 0 Å². The highest BCUT2D eigenvalue weighted by atomic mass is 79.9. The standard InChI is InChI=1S/C13H18Br2O4/c1-8(2)10(16)18-12(13(5,6-14)7-15)19-11(17)9(3)4/h12H,1,3,6-7H2,2,4-5H3. The van der Waals surface area contributed by atoms with Crippen LogP contribution < -0.4 is 0 Å². The fourth-order valence-corrected chi connectivity index (χ4v) is 2.32. The summed E-state index contributed by atoms with van der Waals surface area (Å²) < 4.78 is 10.4. The van der Waals surface area contributed by atoms with Crippen molar-refractivity contribution in [3.8, 4) is 0 Å². The predicted octanol–water partition coefficient (Wildman–Crippen LogP) is 3.35. The number of rotatable bonds is 7. The molecule has 0 aromatic rings. The van der Waals surface area contributed by atoms with Crippen LogP contribution in [0.25, 0.3) is 0 Å². The van der Waals surface area contributed by atoms with Crippen LogP contribution in [0.1, 0.15) is 20.8 Å². The monoisotopic (exact) mass is 396 g/mol. The summed E-state index contributed by atoms with van der Waals surface area (Å²) in [5.41, 5.74) is -0.123. The molecule has 0 aliphatic carbocycles. The number of hydrogen-bond acceptors (Lipinski definition) is 4. The average molecular weight is 398 g/mol. The molecule has 0 aliphatic heterocycles. The second-order valence-electron chi connectivity index (χ2n) is 4.62. The van der Waals surface area contributed by atoms with Gasteiger partial charge in [-0.05, 0) is 13.8 Å². The van der Waals surface area contributed by atoms with Crippen molar-refractivity contribution in [3.05, 3.63) is 24.3 Å². The van der Waals surface area contributed by atoms with Gasteiger partial charge in [-0.15, -0.1) is 0 Å². The molecular weight excluding hydrogens is 380 g/mol. The molecule has 0 amide bonds. The molecule has 0 heterocycles. The van der Waals surface area contributed by atoms with Gasteiger partial charge in [-0.1, -0.05) is 51.9 Å². The van der Waals surface area contributed by atoms with E-state index < -0.39 is 23.6 Å². The maximum atomic E-state index is 11.6. The molecule has 108 valence electrons. The first kappa shape index (κ1) is 18.4. The Morgan fingerprint density at radius 3 is 1.58 bits per heavy atom. The third kappa shape index (κ3) is 5.48. The molecule has 6 heteroatoms. The highest BCUT2D eigenvalue weighted by Crippen LogP contribution is 2.31. The molecule has 0 N–H and O–H groups in total. The van der Waals surface area contributed by atoms with Crippen LogP contribution in [0.15, 0.2) is 24.3 Å². The molecule has 0 aliphatic rings. The maximum absolute atomic E-state index is 11.6. The minimum atomic E-state index is -1.03. The zero-order valence-corrected chi connectivity index (χ0v) is 14.5. The molecule has 0 saturated carbocycles. The normalized spacial score (nSPS) is 11.1. The van der Waals surface area contributed by atoms with Crippen molar-refractivity contribution >= 4 is 43.8 Å². The number of alkyl halides is 2. The summed E-state index contributed by atoms with van der Waals surface area (Å²) in [5, 5.41) is 0.950. The number of ether oxygens (including phenoxy) is 2. The Labute approximate surface area is 130 Å². The molecule has 0 spiro atoms. The number of halogens is 2. The van der Waals surface area contributed by atoms with Gasteiger partial charge in [0, 0.05) is 21.8 Å². The van der Waals surface area contributed by atoms with E-state index in [0.29, 0.717) is 10.7 Å². The van der Waals surface area contributed by atoms with Crippen LogP contribution in [0.5, 0.6) is 0 Å². The number of hydrogen-bond donors (Lipinski definition) is 0. The summed E-state index contributed by atoms with van der Waals surface area (Å²) in [6.45, 7) is 11.9. The van der Waals surface area contributed by atoms with Gasteiger partial charge in [0.2, 0.25) is 0 Å². The van der Waals surface area contributed by atoms with E-state index in [9.17, 15) is 9.59 Å². The molecule has 0 rings (SSSR count). The highest BCUT2D eigenvalue weighted by molar-refractivity contribution is 9.09. The van der Waals surface area contributed by atoms with Gasteiger partial charge in [-0.2, -0.15) is 0 Å². The van der Waals surface area contributed by atoms with Crippen LogP contribution in [0.3, 0.4) is 0 Å². The number of esters is 2. The molecule has 0 radical (unpaired) electrons. The van der Waals surface area contributed by atoms with Crippen molar-refractivity contribution in [1.29, 1.82) is 0 Å². The molecule has 19 heavy (non-hydrogen) atoms. The summed E-state index contributed by atoms with van der Waals surface area (Å²) in [5.74, 6) is -1.21. The molecule has 0 aromatic carbocycles. The lowest BCUT2D eigenvalue weighted by molar-refractivity contribution is -0.200. The quantitative estimate of drug-likeness (QED) is 0.286. The first-order valence-electron chi connectivity index (χ1n) is 5.53. The van der Waals surface area contributed by atoms with E-state index in [2.05, 4.69) is 45.0 Å². The first-order valence-corrected chi connectivity index (χ1v) is 7.77. The summed E-state index contributed by atoms with van der Waals surface area (Å²) in [6.07, 6.45) is -1.03. The van der Waals surface area contributed by atoms with Crippen LogP contribution in [-0.4, -0.2) is 28.9 Å². The molecule has 0 aromatic heterocycles. The Kier molecular flexibility index (Phi) is 7.59. The Morgan fingerprint density at radius 2 is 1.37 bits per heavy atom. The van der Waals surface area contributed by atoms with Crippen LogP contribution >= 0.6 is 31.9 Å². The van der Waals surface area contributed by atoms with Crippen LogP contribution in [0.4, 0.5) is 0 Å². The van der Waals surface area contributed by atoms with Gasteiger partial charge in [0.05, 0.1) is 5.41 Å². The third-order valence-corrected chi connectivity index (χ3v) is 4.87. The van der Waals surface area contributed by atoms with E-state index in [-0.39, 0.29) is 11.1 Å². The summed E-state index contributed by atoms with van der Waals surface area (Å²) in [6, 6.07) is 0. The van der Waals surface area contributed by atoms with Gasteiger partial charge in [-0.3, -0.25) is 0 Å². The van der Waals surface area contributed by atoms with Gasteiger partial charge in [0.15, 0.2) is 0 Å². The second-order valence-corrected chi connectivity index (χ2v) is 5.75. The summed E-state index contributed by atoms with van der Waals surface area (Å²) in [7, 11) is 0. The third-order valence-electron chi connectivity index (χ3n) is 2.30.